The number of ether oxygens (including phenoxy) is 1. The number of fused-ring (bicyclic) bond motifs is 1. The summed E-state index contributed by atoms with van der Waals surface area (Å²) in [5, 5.41) is 24.7. The molecule has 10 nitrogen and oxygen atoms in total. The van der Waals surface area contributed by atoms with Crippen molar-refractivity contribution >= 4 is 29.9 Å². The molecule has 182 valence electrons. The Bertz CT molecular complexity index is 873. The second kappa shape index (κ2) is 11.1. The van der Waals surface area contributed by atoms with Gasteiger partial charge in [-0.25, -0.2) is 0 Å². The normalized spacial score (nSPS) is 18.2. The molecule has 0 saturated heterocycles. The fourth-order valence-electron chi connectivity index (χ4n) is 3.96. The highest BCUT2D eigenvalue weighted by atomic mass is 16.5. The molecule has 0 unspecified atom stereocenters. The number of hydrogen-bond acceptors (Lipinski definition) is 6. The highest BCUT2D eigenvalue weighted by molar-refractivity contribution is 5.97. The van der Waals surface area contributed by atoms with Gasteiger partial charge in [0.2, 0.25) is 12.3 Å². The SMILES string of the molecule is CNC(=O)[C@H]1CN(C(=O)CC(C)(C)C[C@H](NC=O)[C@@H](O)C[C@@H](C)C(=O)O)c2ccccc2O1. The van der Waals surface area contributed by atoms with Crippen LogP contribution in [0.1, 0.15) is 40.0 Å². The minimum absolute atomic E-state index is 0.0322. The van der Waals surface area contributed by atoms with Crippen LogP contribution in [0.2, 0.25) is 0 Å². The molecule has 1 aliphatic rings. The van der Waals surface area contributed by atoms with E-state index in [9.17, 15) is 24.3 Å². The molecule has 0 fully saturated rings. The summed E-state index contributed by atoms with van der Waals surface area (Å²) in [5.41, 5.74) is -0.0858. The molecule has 1 aliphatic heterocycles. The number of nitrogens with zero attached hydrogens (tertiary/aromatic N) is 1. The van der Waals surface area contributed by atoms with E-state index in [0.717, 1.165) is 0 Å². The second-order valence-electron chi connectivity index (χ2n) is 9.17. The Kier molecular flexibility index (Phi) is 8.81. The molecule has 1 aromatic rings. The van der Waals surface area contributed by atoms with Gasteiger partial charge in [-0.3, -0.25) is 19.2 Å². The van der Waals surface area contributed by atoms with Gasteiger partial charge in [-0.1, -0.05) is 32.9 Å². The van der Waals surface area contributed by atoms with Crippen LogP contribution in [0.15, 0.2) is 24.3 Å². The zero-order valence-electron chi connectivity index (χ0n) is 19.4. The third-order valence-electron chi connectivity index (χ3n) is 5.78. The first-order chi connectivity index (χ1) is 15.5. The zero-order chi connectivity index (χ0) is 24.8. The number of carboxylic acid groups (broad SMARTS) is 1. The molecule has 3 amide bonds. The van der Waals surface area contributed by atoms with E-state index in [4.69, 9.17) is 9.84 Å². The van der Waals surface area contributed by atoms with E-state index in [-0.39, 0.29) is 37.6 Å². The summed E-state index contributed by atoms with van der Waals surface area (Å²) in [6, 6.07) is 6.25. The highest BCUT2D eigenvalue weighted by Crippen LogP contribution is 2.36. The number of likely N-dealkylation sites (N-methyl/N-ethyl adjacent to an activating group) is 1. The molecule has 0 radical (unpaired) electrons. The Hall–Kier alpha value is -3.14. The molecule has 1 aromatic carbocycles. The van der Waals surface area contributed by atoms with Crippen LogP contribution in [0.25, 0.3) is 0 Å². The van der Waals surface area contributed by atoms with Crippen LogP contribution in [-0.2, 0) is 19.2 Å². The van der Waals surface area contributed by atoms with E-state index >= 15 is 0 Å². The summed E-state index contributed by atoms with van der Waals surface area (Å²) in [4.78, 5) is 49.2. The van der Waals surface area contributed by atoms with Gasteiger partial charge < -0.3 is 30.5 Å². The molecule has 0 saturated carbocycles. The molecule has 0 spiro atoms. The van der Waals surface area contributed by atoms with Crippen LogP contribution in [0.4, 0.5) is 5.69 Å². The average Bonchev–Trinajstić information content (AvgIpc) is 2.76. The average molecular weight is 464 g/mol. The molecule has 4 N–H and O–H groups in total. The number of anilines is 1. The first kappa shape index (κ1) is 26.1. The molecule has 0 bridgehead atoms. The lowest BCUT2D eigenvalue weighted by Gasteiger charge is -2.37. The Morgan fingerprint density at radius 3 is 2.58 bits per heavy atom. The third kappa shape index (κ3) is 6.92. The number of hydrogen-bond donors (Lipinski definition) is 4. The van der Waals surface area contributed by atoms with Crippen molar-refractivity contribution in [1.82, 2.24) is 10.6 Å². The van der Waals surface area contributed by atoms with E-state index in [1.807, 2.05) is 13.8 Å². The first-order valence-electron chi connectivity index (χ1n) is 10.9. The third-order valence-corrected chi connectivity index (χ3v) is 5.78. The van der Waals surface area contributed by atoms with Gasteiger partial charge in [0, 0.05) is 13.5 Å². The van der Waals surface area contributed by atoms with E-state index < -0.39 is 35.6 Å². The zero-order valence-corrected chi connectivity index (χ0v) is 19.4. The molecular formula is C23H33N3O7. The number of aliphatic carboxylic acids is 1. The standard InChI is InChI=1S/C23H33N3O7/c1-14(22(31)32)9-17(28)15(25-13-27)10-23(2,3)11-20(29)26-12-19(21(30)24-4)33-18-8-6-5-7-16(18)26/h5-8,13-15,17,19,28H,9-12H2,1-4H3,(H,24,30)(H,25,27)(H,31,32)/t14-,15+,17+,19-/m1/s1. The van der Waals surface area contributed by atoms with Gasteiger partial charge in [-0.05, 0) is 30.4 Å². The van der Waals surface area contributed by atoms with Gasteiger partial charge in [0.15, 0.2) is 6.10 Å². The number of nitrogens with one attached hydrogen (secondary N) is 2. The Morgan fingerprint density at radius 1 is 1.30 bits per heavy atom. The largest absolute Gasteiger partial charge is 0.481 e. The first-order valence-corrected chi connectivity index (χ1v) is 10.9. The monoisotopic (exact) mass is 463 g/mol. The summed E-state index contributed by atoms with van der Waals surface area (Å²) in [7, 11) is 1.50. The van der Waals surface area contributed by atoms with E-state index in [1.54, 1.807) is 24.3 Å². The van der Waals surface area contributed by atoms with Crippen molar-refractivity contribution in [2.45, 2.75) is 58.3 Å². The lowest BCUT2D eigenvalue weighted by Crippen LogP contribution is -2.51. The van der Waals surface area contributed by atoms with Crippen molar-refractivity contribution < 1.29 is 34.1 Å². The molecule has 0 aromatic heterocycles. The Morgan fingerprint density at radius 2 is 1.97 bits per heavy atom. The number of aliphatic hydroxyl groups excluding tert-OH is 1. The van der Waals surface area contributed by atoms with Crippen LogP contribution in [0.3, 0.4) is 0 Å². The smallest absolute Gasteiger partial charge is 0.306 e. The van der Waals surface area contributed by atoms with Crippen molar-refractivity contribution in [2.24, 2.45) is 11.3 Å². The summed E-state index contributed by atoms with van der Waals surface area (Å²) in [6.45, 7) is 5.21. The van der Waals surface area contributed by atoms with Gasteiger partial charge >= 0.3 is 5.97 Å². The number of aliphatic hydroxyl groups is 1. The number of carboxylic acids is 1. The van der Waals surface area contributed by atoms with Crippen molar-refractivity contribution in [3.63, 3.8) is 0 Å². The predicted molar refractivity (Wildman–Crippen MR) is 121 cm³/mol. The summed E-state index contributed by atoms with van der Waals surface area (Å²) >= 11 is 0. The Labute approximate surface area is 193 Å². The highest BCUT2D eigenvalue weighted by Gasteiger charge is 2.37. The van der Waals surface area contributed by atoms with Gasteiger partial charge in [-0.2, -0.15) is 0 Å². The van der Waals surface area contributed by atoms with E-state index in [2.05, 4.69) is 10.6 Å². The topological polar surface area (TPSA) is 145 Å². The molecule has 1 heterocycles. The maximum Gasteiger partial charge on any atom is 0.306 e. The fourth-order valence-corrected chi connectivity index (χ4v) is 3.96. The number of para-hydroxylation sites is 2. The number of rotatable bonds is 11. The molecule has 10 heteroatoms. The van der Waals surface area contributed by atoms with Gasteiger partial charge in [-0.15, -0.1) is 0 Å². The quantitative estimate of drug-likeness (QED) is 0.357. The van der Waals surface area contributed by atoms with Crippen LogP contribution in [0.5, 0.6) is 5.75 Å². The molecule has 4 atom stereocenters. The van der Waals surface area contributed by atoms with Crippen LogP contribution in [-0.4, -0.2) is 66.2 Å². The summed E-state index contributed by atoms with van der Waals surface area (Å²) < 4.78 is 5.74. The predicted octanol–water partition coefficient (Wildman–Crippen LogP) is 0.919. The van der Waals surface area contributed by atoms with E-state index in [0.29, 0.717) is 17.8 Å². The van der Waals surface area contributed by atoms with Crippen LogP contribution < -0.4 is 20.3 Å². The Balaban J connectivity index is 2.16. The number of amides is 3. The molecule has 2 rings (SSSR count). The van der Waals surface area contributed by atoms with Crippen molar-refractivity contribution in [1.29, 1.82) is 0 Å². The second-order valence-corrected chi connectivity index (χ2v) is 9.17. The summed E-state index contributed by atoms with van der Waals surface area (Å²) in [6.07, 6.45) is -1.19. The lowest BCUT2D eigenvalue weighted by atomic mass is 9.79. The molecule has 33 heavy (non-hydrogen) atoms. The van der Waals surface area contributed by atoms with E-state index in [1.165, 1.54) is 18.9 Å². The maximum absolute atomic E-state index is 13.3. The summed E-state index contributed by atoms with van der Waals surface area (Å²) in [5.74, 6) is -1.96. The van der Waals surface area contributed by atoms with Crippen molar-refractivity contribution in [3.8, 4) is 5.75 Å². The number of carbonyl (C=O) groups excluding carboxylic acids is 3. The van der Waals surface area contributed by atoms with Crippen LogP contribution in [0, 0.1) is 11.3 Å². The van der Waals surface area contributed by atoms with Crippen LogP contribution >= 0.6 is 0 Å². The number of benzene rings is 1. The van der Waals surface area contributed by atoms with Gasteiger partial charge in [0.1, 0.15) is 5.75 Å². The van der Waals surface area contributed by atoms with Crippen molar-refractivity contribution in [3.05, 3.63) is 24.3 Å². The molecular weight excluding hydrogens is 430 g/mol. The van der Waals surface area contributed by atoms with Gasteiger partial charge in [0.25, 0.3) is 5.91 Å². The minimum atomic E-state index is -1.09. The maximum atomic E-state index is 13.3. The fraction of sp³-hybridized carbons (Fsp3) is 0.565. The lowest BCUT2D eigenvalue weighted by molar-refractivity contribution is -0.142. The van der Waals surface area contributed by atoms with Crippen molar-refractivity contribution in [2.75, 3.05) is 18.5 Å². The number of carbonyl (C=O) groups is 4. The minimum Gasteiger partial charge on any atom is -0.481 e. The van der Waals surface area contributed by atoms with Gasteiger partial charge in [0.05, 0.1) is 30.3 Å². The molecule has 0 aliphatic carbocycles.